The summed E-state index contributed by atoms with van der Waals surface area (Å²) in [6.07, 6.45) is 1.54. The minimum absolute atomic E-state index is 0.0277. The van der Waals surface area contributed by atoms with E-state index >= 15 is 0 Å². The Labute approximate surface area is 192 Å². The van der Waals surface area contributed by atoms with Crippen molar-refractivity contribution in [1.82, 2.24) is 5.43 Å². The molecule has 1 N–H and O–H groups in total. The molecule has 0 aromatic heterocycles. The second-order valence-corrected chi connectivity index (χ2v) is 8.05. The summed E-state index contributed by atoms with van der Waals surface area (Å²) in [6, 6.07) is 20.0. The van der Waals surface area contributed by atoms with Crippen LogP contribution in [0.25, 0.3) is 6.08 Å². The second-order valence-electron chi connectivity index (χ2n) is 7.13. The molecule has 7 nitrogen and oxygen atoms in total. The number of hydrogen-bond donors (Lipinski definition) is 1. The van der Waals surface area contributed by atoms with Gasteiger partial charge in [-0.3, -0.25) is 15.0 Å². The van der Waals surface area contributed by atoms with Crippen LogP contribution in [0.15, 0.2) is 76.8 Å². The van der Waals surface area contributed by atoms with Gasteiger partial charge in [-0.15, -0.1) is 0 Å². The SMILES string of the molecule is O=C1NN(c2ccccc2)C(=O)C1=Cc1cc(Br)ccc1OCc1ccc2c(c1)OCO2. The first-order chi connectivity index (χ1) is 15.6. The van der Waals surface area contributed by atoms with Crippen molar-refractivity contribution in [2.75, 3.05) is 11.8 Å². The first-order valence-corrected chi connectivity index (χ1v) is 10.6. The Morgan fingerprint density at radius 1 is 1.00 bits per heavy atom. The zero-order valence-electron chi connectivity index (χ0n) is 16.7. The van der Waals surface area contributed by atoms with Gasteiger partial charge in [0, 0.05) is 10.0 Å². The number of halogens is 1. The van der Waals surface area contributed by atoms with E-state index in [1.807, 2.05) is 30.3 Å². The lowest BCUT2D eigenvalue weighted by Crippen LogP contribution is -2.35. The monoisotopic (exact) mass is 492 g/mol. The van der Waals surface area contributed by atoms with E-state index in [1.165, 1.54) is 5.01 Å². The van der Waals surface area contributed by atoms with E-state index in [0.717, 1.165) is 10.0 Å². The summed E-state index contributed by atoms with van der Waals surface area (Å²) in [5.74, 6) is 1.02. The number of nitrogens with one attached hydrogen (secondary N) is 1. The lowest BCUT2D eigenvalue weighted by molar-refractivity contribution is -0.117. The van der Waals surface area contributed by atoms with Crippen molar-refractivity contribution in [1.29, 1.82) is 0 Å². The Kier molecular flexibility index (Phi) is 5.28. The third-order valence-corrected chi connectivity index (χ3v) is 5.50. The summed E-state index contributed by atoms with van der Waals surface area (Å²) >= 11 is 3.44. The van der Waals surface area contributed by atoms with Gasteiger partial charge in [-0.2, -0.15) is 0 Å². The van der Waals surface area contributed by atoms with E-state index in [9.17, 15) is 9.59 Å². The van der Waals surface area contributed by atoms with Gasteiger partial charge in [0.25, 0.3) is 11.8 Å². The van der Waals surface area contributed by atoms with E-state index in [4.69, 9.17) is 14.2 Å². The third kappa shape index (κ3) is 3.92. The molecule has 0 saturated carbocycles. The highest BCUT2D eigenvalue weighted by molar-refractivity contribution is 9.10. The molecule has 0 atom stereocenters. The zero-order valence-corrected chi connectivity index (χ0v) is 18.3. The van der Waals surface area contributed by atoms with Crippen molar-refractivity contribution < 1.29 is 23.8 Å². The zero-order chi connectivity index (χ0) is 22.1. The average molecular weight is 493 g/mol. The molecule has 2 aliphatic heterocycles. The molecule has 160 valence electrons. The van der Waals surface area contributed by atoms with Gasteiger partial charge in [0.05, 0.1) is 5.69 Å². The predicted octanol–water partition coefficient (Wildman–Crippen LogP) is 4.22. The van der Waals surface area contributed by atoms with Crippen LogP contribution in [0.3, 0.4) is 0 Å². The number of rotatable bonds is 5. The summed E-state index contributed by atoms with van der Waals surface area (Å²) in [5.41, 5.74) is 4.73. The van der Waals surface area contributed by atoms with Gasteiger partial charge in [0.2, 0.25) is 6.79 Å². The fourth-order valence-electron chi connectivity index (χ4n) is 3.43. The van der Waals surface area contributed by atoms with Crippen LogP contribution in [0.2, 0.25) is 0 Å². The summed E-state index contributed by atoms with van der Waals surface area (Å²) in [5, 5.41) is 1.24. The summed E-state index contributed by atoms with van der Waals surface area (Å²) in [6.45, 7) is 0.491. The number of para-hydroxylation sites is 1. The predicted molar refractivity (Wildman–Crippen MR) is 121 cm³/mol. The number of benzene rings is 3. The molecule has 1 saturated heterocycles. The molecule has 0 bridgehead atoms. The first kappa shape index (κ1) is 20.1. The Morgan fingerprint density at radius 3 is 2.66 bits per heavy atom. The Morgan fingerprint density at radius 2 is 1.81 bits per heavy atom. The Hall–Kier alpha value is -3.78. The number of ether oxygens (including phenoxy) is 3. The number of amides is 2. The summed E-state index contributed by atoms with van der Waals surface area (Å²) in [7, 11) is 0. The summed E-state index contributed by atoms with van der Waals surface area (Å²) in [4.78, 5) is 25.4. The number of hydrogen-bond acceptors (Lipinski definition) is 5. The number of anilines is 1. The van der Waals surface area contributed by atoms with E-state index in [-0.39, 0.29) is 19.0 Å². The van der Waals surface area contributed by atoms with E-state index in [2.05, 4.69) is 21.4 Å². The molecular weight excluding hydrogens is 476 g/mol. The van der Waals surface area contributed by atoms with Crippen molar-refractivity contribution in [3.8, 4) is 17.2 Å². The van der Waals surface area contributed by atoms with Crippen LogP contribution in [-0.2, 0) is 16.2 Å². The highest BCUT2D eigenvalue weighted by atomic mass is 79.9. The van der Waals surface area contributed by atoms with Crippen molar-refractivity contribution in [3.05, 3.63) is 87.9 Å². The standard InChI is InChI=1S/C24H17BrN2O5/c25-17-7-9-20(30-13-15-6-8-21-22(10-15)32-14-31-21)16(11-17)12-19-23(28)26-27(24(19)29)18-4-2-1-3-5-18/h1-12H,13-14H2,(H,26,28). The number of hydrazine groups is 1. The molecule has 5 rings (SSSR count). The quantitative estimate of drug-likeness (QED) is 0.426. The van der Waals surface area contributed by atoms with E-state index in [1.54, 1.807) is 42.5 Å². The molecule has 1 fully saturated rings. The maximum Gasteiger partial charge on any atom is 0.282 e. The van der Waals surface area contributed by atoms with Gasteiger partial charge in [0.1, 0.15) is 17.9 Å². The molecule has 2 amide bonds. The molecule has 32 heavy (non-hydrogen) atoms. The van der Waals surface area contributed by atoms with Crippen LogP contribution in [0.4, 0.5) is 5.69 Å². The third-order valence-electron chi connectivity index (χ3n) is 5.01. The minimum atomic E-state index is -0.472. The molecule has 3 aromatic carbocycles. The van der Waals surface area contributed by atoms with Gasteiger partial charge in [-0.05, 0) is 54.1 Å². The molecular formula is C24H17BrN2O5. The van der Waals surface area contributed by atoms with Crippen molar-refractivity contribution in [2.24, 2.45) is 0 Å². The van der Waals surface area contributed by atoms with Gasteiger partial charge in [-0.1, -0.05) is 40.2 Å². The largest absolute Gasteiger partial charge is 0.488 e. The van der Waals surface area contributed by atoms with Crippen LogP contribution in [0, 0.1) is 0 Å². The number of fused-ring (bicyclic) bond motifs is 1. The Balaban J connectivity index is 1.40. The van der Waals surface area contributed by atoms with Gasteiger partial charge < -0.3 is 14.2 Å². The number of nitrogens with zero attached hydrogens (tertiary/aromatic N) is 1. The molecule has 0 spiro atoms. The first-order valence-electron chi connectivity index (χ1n) is 9.81. The lowest BCUT2D eigenvalue weighted by Gasteiger charge is -2.14. The fraction of sp³-hybridized carbons (Fsp3) is 0.0833. The molecule has 0 radical (unpaired) electrons. The van der Waals surface area contributed by atoms with Crippen LogP contribution in [-0.4, -0.2) is 18.6 Å². The average Bonchev–Trinajstić information content (AvgIpc) is 3.38. The molecule has 2 heterocycles. The van der Waals surface area contributed by atoms with Crippen LogP contribution < -0.4 is 24.6 Å². The highest BCUT2D eigenvalue weighted by Crippen LogP contribution is 2.33. The maximum atomic E-state index is 12.9. The smallest absolute Gasteiger partial charge is 0.282 e. The van der Waals surface area contributed by atoms with E-state index in [0.29, 0.717) is 28.5 Å². The van der Waals surface area contributed by atoms with Crippen LogP contribution >= 0.6 is 15.9 Å². The fourth-order valence-corrected chi connectivity index (χ4v) is 3.81. The van der Waals surface area contributed by atoms with Crippen LogP contribution in [0.1, 0.15) is 11.1 Å². The van der Waals surface area contributed by atoms with Crippen molar-refractivity contribution in [2.45, 2.75) is 6.61 Å². The number of carbonyl (C=O) groups excluding carboxylic acids is 2. The van der Waals surface area contributed by atoms with Crippen LogP contribution in [0.5, 0.6) is 17.2 Å². The Bertz CT molecular complexity index is 1240. The lowest BCUT2D eigenvalue weighted by atomic mass is 10.1. The molecule has 2 aliphatic rings. The highest BCUT2D eigenvalue weighted by Gasteiger charge is 2.34. The van der Waals surface area contributed by atoms with Gasteiger partial charge in [0.15, 0.2) is 11.5 Å². The van der Waals surface area contributed by atoms with Gasteiger partial charge >= 0.3 is 0 Å². The maximum absolute atomic E-state index is 12.9. The second kappa shape index (κ2) is 8.39. The topological polar surface area (TPSA) is 77.1 Å². The minimum Gasteiger partial charge on any atom is -0.488 e. The summed E-state index contributed by atoms with van der Waals surface area (Å²) < 4.78 is 17.6. The van der Waals surface area contributed by atoms with Crippen molar-refractivity contribution in [3.63, 3.8) is 0 Å². The molecule has 8 heteroatoms. The molecule has 3 aromatic rings. The van der Waals surface area contributed by atoms with Crippen molar-refractivity contribution >= 4 is 39.5 Å². The van der Waals surface area contributed by atoms with Gasteiger partial charge in [-0.25, -0.2) is 5.01 Å². The molecule has 0 aliphatic carbocycles. The normalized spacial score (nSPS) is 15.9. The molecule has 0 unspecified atom stereocenters. The number of carbonyl (C=O) groups is 2. The van der Waals surface area contributed by atoms with E-state index < -0.39 is 11.8 Å².